The Labute approximate surface area is 213 Å². The Bertz CT molecular complexity index is 1570. The van der Waals surface area contributed by atoms with Crippen LogP contribution in [-0.2, 0) is 14.3 Å². The van der Waals surface area contributed by atoms with Crippen molar-refractivity contribution in [2.75, 3.05) is 31.3 Å². The van der Waals surface area contributed by atoms with Crippen LogP contribution < -0.4 is 5.32 Å². The van der Waals surface area contributed by atoms with Crippen molar-refractivity contribution in [3.63, 3.8) is 0 Å². The van der Waals surface area contributed by atoms with Crippen molar-refractivity contribution in [3.05, 3.63) is 53.8 Å². The highest BCUT2D eigenvalue weighted by Crippen LogP contribution is 2.50. The summed E-state index contributed by atoms with van der Waals surface area (Å²) in [5.74, 6) is 0. The molecule has 0 bridgehead atoms. The first kappa shape index (κ1) is 23.6. The largest absolute Gasteiger partial charge is 0.378 e. The molecule has 188 valence electrons. The van der Waals surface area contributed by atoms with E-state index in [2.05, 4.69) is 38.5 Å². The number of thiazole rings is 1. The standard InChI is InChI=1S/C25H27N5O4S2/c1-36(32,33)34-14-25(7-8-25)24(31)30-10-5-16(6-11-30)21-13-18-19(4-9-26-23(18)29-21)28-17-2-3-20-22(12-17)35-15-27-20/h2-5,9,12-13,15,24,31H,6-8,10-11,14H2,1H3,(H2,26,28,29). The first-order chi connectivity index (χ1) is 17.3. The fourth-order valence-electron chi connectivity index (χ4n) is 4.80. The number of nitrogens with one attached hydrogen (secondary N) is 2. The van der Waals surface area contributed by atoms with Gasteiger partial charge >= 0.3 is 0 Å². The Morgan fingerprint density at radius 1 is 1.28 bits per heavy atom. The van der Waals surface area contributed by atoms with Crippen LogP contribution in [0.1, 0.15) is 25.0 Å². The fourth-order valence-corrected chi connectivity index (χ4v) is 5.96. The first-order valence-electron chi connectivity index (χ1n) is 11.8. The predicted octanol–water partition coefficient (Wildman–Crippen LogP) is 4.08. The number of nitrogens with zero attached hydrogens (tertiary/aromatic N) is 3. The number of benzene rings is 1. The molecular formula is C25H27N5O4S2. The van der Waals surface area contributed by atoms with Crippen LogP contribution >= 0.6 is 11.3 Å². The molecule has 1 atom stereocenters. The third-order valence-corrected chi connectivity index (χ3v) is 8.41. The average molecular weight is 526 g/mol. The van der Waals surface area contributed by atoms with Gasteiger partial charge in [0.25, 0.3) is 10.1 Å². The van der Waals surface area contributed by atoms with Gasteiger partial charge < -0.3 is 15.4 Å². The number of fused-ring (bicyclic) bond motifs is 2. The van der Waals surface area contributed by atoms with Gasteiger partial charge in [0, 0.05) is 41.5 Å². The lowest BCUT2D eigenvalue weighted by Gasteiger charge is -2.35. The number of H-pyrrole nitrogens is 1. The molecule has 0 radical (unpaired) electrons. The second-order valence-corrected chi connectivity index (χ2v) is 12.2. The van der Waals surface area contributed by atoms with Crippen molar-refractivity contribution in [2.45, 2.75) is 25.5 Å². The quantitative estimate of drug-likeness (QED) is 0.294. The lowest BCUT2D eigenvalue weighted by Crippen LogP contribution is -2.45. The van der Waals surface area contributed by atoms with Gasteiger partial charge in [-0.25, -0.2) is 9.97 Å². The number of rotatable bonds is 8. The van der Waals surface area contributed by atoms with Gasteiger partial charge in [0.2, 0.25) is 0 Å². The molecule has 1 saturated carbocycles. The maximum atomic E-state index is 11.4. The zero-order valence-electron chi connectivity index (χ0n) is 19.8. The summed E-state index contributed by atoms with van der Waals surface area (Å²) in [6.07, 6.45) is 6.51. The van der Waals surface area contributed by atoms with Gasteiger partial charge in [0.05, 0.1) is 34.3 Å². The molecule has 1 aliphatic carbocycles. The molecule has 0 spiro atoms. The summed E-state index contributed by atoms with van der Waals surface area (Å²) < 4.78 is 29.0. The van der Waals surface area contributed by atoms with E-state index in [1.807, 2.05) is 28.6 Å². The molecule has 9 nitrogen and oxygen atoms in total. The summed E-state index contributed by atoms with van der Waals surface area (Å²) in [6, 6.07) is 10.2. The Morgan fingerprint density at radius 2 is 2.14 bits per heavy atom. The lowest BCUT2D eigenvalue weighted by molar-refractivity contribution is -0.0588. The van der Waals surface area contributed by atoms with Crippen LogP contribution in [0, 0.1) is 5.41 Å². The summed E-state index contributed by atoms with van der Waals surface area (Å²) in [5.41, 5.74) is 7.32. The molecule has 4 aromatic rings. The summed E-state index contributed by atoms with van der Waals surface area (Å²) in [5, 5.41) is 15.5. The van der Waals surface area contributed by atoms with Crippen molar-refractivity contribution in [2.24, 2.45) is 5.41 Å². The van der Waals surface area contributed by atoms with Crippen molar-refractivity contribution in [1.29, 1.82) is 0 Å². The number of hydrogen-bond donors (Lipinski definition) is 3. The van der Waals surface area contributed by atoms with Gasteiger partial charge in [-0.05, 0) is 55.2 Å². The van der Waals surface area contributed by atoms with E-state index < -0.39 is 21.8 Å². The third kappa shape index (κ3) is 4.64. The van der Waals surface area contributed by atoms with E-state index in [1.54, 1.807) is 17.5 Å². The maximum Gasteiger partial charge on any atom is 0.264 e. The summed E-state index contributed by atoms with van der Waals surface area (Å²) in [7, 11) is -3.53. The first-order valence-corrected chi connectivity index (χ1v) is 14.5. The highest BCUT2D eigenvalue weighted by Gasteiger charge is 2.52. The van der Waals surface area contributed by atoms with E-state index in [0.717, 1.165) is 63.8 Å². The fraction of sp³-hybridized carbons (Fsp3) is 0.360. The minimum atomic E-state index is -3.53. The molecule has 36 heavy (non-hydrogen) atoms. The molecule has 1 aliphatic heterocycles. The minimum Gasteiger partial charge on any atom is -0.378 e. The minimum absolute atomic E-state index is 0.0272. The van der Waals surface area contributed by atoms with E-state index in [1.165, 1.54) is 5.57 Å². The van der Waals surface area contributed by atoms with Crippen LogP contribution in [-0.4, -0.2) is 65.6 Å². The van der Waals surface area contributed by atoms with Crippen molar-refractivity contribution in [3.8, 4) is 0 Å². The van der Waals surface area contributed by atoms with Crippen molar-refractivity contribution < 1.29 is 17.7 Å². The van der Waals surface area contributed by atoms with Gasteiger partial charge in [-0.1, -0.05) is 6.08 Å². The Kier molecular flexibility index (Phi) is 5.84. The van der Waals surface area contributed by atoms with Crippen LogP contribution in [0.2, 0.25) is 0 Å². The molecule has 3 N–H and O–H groups in total. The van der Waals surface area contributed by atoms with Crippen LogP contribution in [0.5, 0.6) is 0 Å². The van der Waals surface area contributed by atoms with Gasteiger partial charge in [-0.15, -0.1) is 11.3 Å². The molecule has 0 amide bonds. The smallest absolute Gasteiger partial charge is 0.264 e. The number of hydrogen-bond acceptors (Lipinski definition) is 9. The molecule has 2 aliphatic rings. The van der Waals surface area contributed by atoms with E-state index in [9.17, 15) is 13.5 Å². The Morgan fingerprint density at radius 3 is 2.89 bits per heavy atom. The Hall–Kier alpha value is -2.83. The molecule has 11 heteroatoms. The van der Waals surface area contributed by atoms with Crippen LogP contribution in [0.15, 0.2) is 48.1 Å². The number of aliphatic hydroxyl groups is 1. The second kappa shape index (κ2) is 8.93. The molecule has 4 heterocycles. The average Bonchev–Trinajstić information content (AvgIpc) is 3.29. The van der Waals surface area contributed by atoms with Gasteiger partial charge in [-0.3, -0.25) is 9.08 Å². The number of aromatic nitrogens is 3. The molecule has 0 saturated heterocycles. The number of aliphatic hydroxyl groups excluding tert-OH is 1. The second-order valence-electron chi connectivity index (χ2n) is 9.64. The third-order valence-electron chi connectivity index (χ3n) is 7.07. The number of aromatic amines is 1. The van der Waals surface area contributed by atoms with Gasteiger partial charge in [-0.2, -0.15) is 8.42 Å². The van der Waals surface area contributed by atoms with E-state index in [4.69, 9.17) is 4.18 Å². The van der Waals surface area contributed by atoms with Crippen LogP contribution in [0.4, 0.5) is 11.4 Å². The maximum absolute atomic E-state index is 11.4. The van der Waals surface area contributed by atoms with Gasteiger partial charge in [0.15, 0.2) is 0 Å². The molecule has 6 rings (SSSR count). The van der Waals surface area contributed by atoms with E-state index in [0.29, 0.717) is 13.1 Å². The van der Waals surface area contributed by atoms with E-state index in [-0.39, 0.29) is 6.61 Å². The van der Waals surface area contributed by atoms with Crippen molar-refractivity contribution >= 4 is 59.7 Å². The predicted molar refractivity (Wildman–Crippen MR) is 142 cm³/mol. The molecule has 1 fully saturated rings. The van der Waals surface area contributed by atoms with E-state index >= 15 is 0 Å². The Balaban J connectivity index is 1.18. The highest BCUT2D eigenvalue weighted by atomic mass is 32.2. The molecule has 1 unspecified atom stereocenters. The lowest BCUT2D eigenvalue weighted by atomic mass is 10.0. The topological polar surface area (TPSA) is 120 Å². The van der Waals surface area contributed by atoms with Crippen molar-refractivity contribution in [1.82, 2.24) is 19.9 Å². The van der Waals surface area contributed by atoms with Gasteiger partial charge in [0.1, 0.15) is 11.9 Å². The SMILES string of the molecule is CS(=O)(=O)OCC1(C(O)N2CC=C(c3cc4c(Nc5ccc6ncsc6c5)ccnc4[nH]3)CC2)CC1. The molecule has 1 aromatic carbocycles. The monoisotopic (exact) mass is 525 g/mol. The summed E-state index contributed by atoms with van der Waals surface area (Å²) in [4.78, 5) is 14.3. The number of anilines is 2. The zero-order valence-corrected chi connectivity index (χ0v) is 21.4. The molecular weight excluding hydrogens is 498 g/mol. The summed E-state index contributed by atoms with van der Waals surface area (Å²) in [6.45, 7) is 1.29. The van der Waals surface area contributed by atoms with Crippen LogP contribution in [0.3, 0.4) is 0 Å². The summed E-state index contributed by atoms with van der Waals surface area (Å²) >= 11 is 1.62. The number of pyridine rings is 1. The molecule has 3 aromatic heterocycles. The van der Waals surface area contributed by atoms with Crippen LogP contribution in [0.25, 0.3) is 26.8 Å². The zero-order chi connectivity index (χ0) is 24.9. The highest BCUT2D eigenvalue weighted by molar-refractivity contribution is 7.85. The normalized spacial score (nSPS) is 18.9.